The van der Waals surface area contributed by atoms with Crippen LogP contribution in [-0.2, 0) is 9.53 Å². The first-order valence-electron chi connectivity index (χ1n) is 11.8. The summed E-state index contributed by atoms with van der Waals surface area (Å²) < 4.78 is 19.2. The number of benzene rings is 2. The topological polar surface area (TPSA) is 46.6 Å². The van der Waals surface area contributed by atoms with Gasteiger partial charge in [-0.05, 0) is 80.0 Å². The van der Waals surface area contributed by atoms with E-state index in [1.165, 1.54) is 29.5 Å². The van der Waals surface area contributed by atoms with Gasteiger partial charge in [0.2, 0.25) is 5.91 Å². The van der Waals surface area contributed by atoms with Gasteiger partial charge in [-0.3, -0.25) is 9.69 Å². The van der Waals surface area contributed by atoms with Crippen molar-refractivity contribution in [3.63, 3.8) is 0 Å². The van der Waals surface area contributed by atoms with Gasteiger partial charge in [-0.15, -0.1) is 11.8 Å². The summed E-state index contributed by atoms with van der Waals surface area (Å²) in [6.07, 6.45) is 3.93. The molecule has 2 fully saturated rings. The number of hydrogen-bond acceptors (Lipinski definition) is 4. The number of halogens is 1. The molecule has 2 aromatic carbocycles. The standard InChI is InChI=1S/C28H32FNO3S/c1-5-28(14-18(2)12-19(3)15-28)17-33-27(32)22-8-11-24(20(4)13-22)30-25(31)16-34-26(30)21-6-9-23(29)10-7-21/h6-11,13,19,26H,2,5,12,14-17H2,1,3-4H3. The Hall–Kier alpha value is -2.60. The van der Waals surface area contributed by atoms with Gasteiger partial charge < -0.3 is 4.74 Å². The molecule has 4 rings (SSSR count). The Morgan fingerprint density at radius 1 is 1.26 bits per heavy atom. The zero-order chi connectivity index (χ0) is 24.5. The molecule has 1 aliphatic heterocycles. The van der Waals surface area contributed by atoms with Crippen molar-refractivity contribution in [1.82, 2.24) is 0 Å². The maximum atomic E-state index is 13.4. The molecule has 1 amide bonds. The molecule has 1 saturated heterocycles. The number of allylic oxidation sites excluding steroid dienone is 1. The smallest absolute Gasteiger partial charge is 0.338 e. The molecule has 1 saturated carbocycles. The highest BCUT2D eigenvalue weighted by Crippen LogP contribution is 2.45. The number of ether oxygens (including phenoxy) is 1. The summed E-state index contributed by atoms with van der Waals surface area (Å²) in [6, 6.07) is 11.6. The van der Waals surface area contributed by atoms with Crippen LogP contribution >= 0.6 is 11.8 Å². The number of hydrogen-bond donors (Lipinski definition) is 0. The molecule has 6 heteroatoms. The van der Waals surface area contributed by atoms with E-state index in [1.54, 1.807) is 29.2 Å². The van der Waals surface area contributed by atoms with Crippen LogP contribution in [0.1, 0.15) is 66.4 Å². The predicted molar refractivity (Wildman–Crippen MR) is 135 cm³/mol. The van der Waals surface area contributed by atoms with E-state index in [4.69, 9.17) is 4.74 Å². The molecule has 0 aromatic heterocycles. The average molecular weight is 482 g/mol. The van der Waals surface area contributed by atoms with Crippen molar-refractivity contribution in [3.05, 3.63) is 77.1 Å². The number of rotatable bonds is 6. The number of anilines is 1. The molecule has 0 bridgehead atoms. The maximum Gasteiger partial charge on any atom is 0.338 e. The molecule has 180 valence electrons. The third-order valence-corrected chi connectivity index (χ3v) is 8.23. The second kappa shape index (κ2) is 9.95. The maximum absolute atomic E-state index is 13.4. The van der Waals surface area contributed by atoms with Crippen molar-refractivity contribution in [2.75, 3.05) is 17.3 Å². The van der Waals surface area contributed by atoms with E-state index in [0.717, 1.165) is 42.5 Å². The number of amides is 1. The Kier molecular flexibility index (Phi) is 7.17. The van der Waals surface area contributed by atoms with Crippen LogP contribution in [-0.4, -0.2) is 24.2 Å². The van der Waals surface area contributed by atoms with E-state index in [-0.39, 0.29) is 28.5 Å². The Bertz CT molecular complexity index is 1100. The summed E-state index contributed by atoms with van der Waals surface area (Å²) >= 11 is 1.51. The zero-order valence-electron chi connectivity index (χ0n) is 20.1. The van der Waals surface area contributed by atoms with Crippen molar-refractivity contribution in [2.45, 2.75) is 51.8 Å². The van der Waals surface area contributed by atoms with E-state index >= 15 is 0 Å². The predicted octanol–water partition coefficient (Wildman–Crippen LogP) is 6.84. The first kappa shape index (κ1) is 24.5. The fourth-order valence-corrected chi connectivity index (χ4v) is 6.54. The first-order valence-corrected chi connectivity index (χ1v) is 12.9. The molecule has 1 heterocycles. The molecule has 2 aliphatic rings. The van der Waals surface area contributed by atoms with Crippen LogP contribution in [0.5, 0.6) is 0 Å². The number of carbonyl (C=O) groups is 2. The molecule has 1 aliphatic carbocycles. The molecule has 0 N–H and O–H groups in total. The van der Waals surface area contributed by atoms with Gasteiger partial charge in [0.1, 0.15) is 11.2 Å². The highest BCUT2D eigenvalue weighted by atomic mass is 32.2. The number of nitrogens with zero attached hydrogens (tertiary/aromatic N) is 1. The average Bonchev–Trinajstić information content (AvgIpc) is 3.18. The van der Waals surface area contributed by atoms with E-state index in [1.807, 2.05) is 13.0 Å². The summed E-state index contributed by atoms with van der Waals surface area (Å²) in [5.74, 6) is 0.248. The second-order valence-electron chi connectivity index (χ2n) is 9.85. The lowest BCUT2D eigenvalue weighted by Gasteiger charge is -2.40. The Balaban J connectivity index is 1.50. The van der Waals surface area contributed by atoms with Crippen molar-refractivity contribution in [3.8, 4) is 0 Å². The number of aryl methyl sites for hydroxylation is 1. The minimum absolute atomic E-state index is 0.00529. The van der Waals surface area contributed by atoms with Gasteiger partial charge >= 0.3 is 5.97 Å². The number of carbonyl (C=O) groups excluding carboxylic acids is 2. The van der Waals surface area contributed by atoms with Crippen LogP contribution in [0.4, 0.5) is 10.1 Å². The monoisotopic (exact) mass is 481 g/mol. The van der Waals surface area contributed by atoms with Gasteiger partial charge in [0.05, 0.1) is 17.9 Å². The summed E-state index contributed by atoms with van der Waals surface area (Å²) in [4.78, 5) is 27.4. The Labute approximate surface area is 205 Å². The Morgan fingerprint density at radius 2 is 2.00 bits per heavy atom. The minimum atomic E-state index is -0.344. The van der Waals surface area contributed by atoms with E-state index in [2.05, 4.69) is 20.4 Å². The lowest BCUT2D eigenvalue weighted by molar-refractivity contribution is -0.115. The van der Waals surface area contributed by atoms with Gasteiger partial charge in [0.15, 0.2) is 0 Å². The number of esters is 1. The van der Waals surface area contributed by atoms with E-state index in [0.29, 0.717) is 23.8 Å². The van der Waals surface area contributed by atoms with Crippen LogP contribution < -0.4 is 4.90 Å². The van der Waals surface area contributed by atoms with E-state index in [9.17, 15) is 14.0 Å². The normalized spacial score (nSPS) is 25.0. The van der Waals surface area contributed by atoms with Gasteiger partial charge in [0, 0.05) is 11.1 Å². The zero-order valence-corrected chi connectivity index (χ0v) is 20.9. The van der Waals surface area contributed by atoms with Crippen molar-refractivity contribution in [2.24, 2.45) is 11.3 Å². The second-order valence-corrected chi connectivity index (χ2v) is 10.9. The van der Waals surface area contributed by atoms with Gasteiger partial charge in [0.25, 0.3) is 0 Å². The van der Waals surface area contributed by atoms with Gasteiger partial charge in [-0.1, -0.05) is 38.1 Å². The van der Waals surface area contributed by atoms with Gasteiger partial charge in [-0.25, -0.2) is 9.18 Å². The van der Waals surface area contributed by atoms with Crippen LogP contribution in [0.15, 0.2) is 54.6 Å². The van der Waals surface area contributed by atoms with E-state index < -0.39 is 0 Å². The molecule has 3 atom stereocenters. The van der Waals surface area contributed by atoms with Gasteiger partial charge in [-0.2, -0.15) is 0 Å². The van der Waals surface area contributed by atoms with Crippen molar-refractivity contribution in [1.29, 1.82) is 0 Å². The third-order valence-electron chi connectivity index (χ3n) is 7.02. The molecule has 2 aromatic rings. The fourth-order valence-electron chi connectivity index (χ4n) is 5.37. The highest BCUT2D eigenvalue weighted by molar-refractivity contribution is 8.00. The largest absolute Gasteiger partial charge is 0.461 e. The Morgan fingerprint density at radius 3 is 2.65 bits per heavy atom. The lowest BCUT2D eigenvalue weighted by Crippen LogP contribution is -2.34. The summed E-state index contributed by atoms with van der Waals surface area (Å²) in [5, 5.41) is -0.226. The third kappa shape index (κ3) is 5.07. The fraction of sp³-hybridized carbons (Fsp3) is 0.429. The molecule has 34 heavy (non-hydrogen) atoms. The summed E-state index contributed by atoms with van der Waals surface area (Å²) in [7, 11) is 0. The van der Waals surface area contributed by atoms with Crippen molar-refractivity contribution >= 4 is 29.3 Å². The quantitative estimate of drug-likeness (QED) is 0.335. The van der Waals surface area contributed by atoms with Crippen LogP contribution in [0, 0.1) is 24.1 Å². The SMILES string of the molecule is C=C1CC(C)CC(CC)(COC(=O)c2ccc(N3C(=O)CSC3c3ccc(F)cc3)c(C)c2)C1. The molecular weight excluding hydrogens is 449 g/mol. The molecule has 3 unspecified atom stereocenters. The van der Waals surface area contributed by atoms with Crippen LogP contribution in [0.3, 0.4) is 0 Å². The summed E-state index contributed by atoms with van der Waals surface area (Å²) in [5.41, 5.74) is 4.12. The lowest BCUT2D eigenvalue weighted by atomic mass is 9.67. The van der Waals surface area contributed by atoms with Crippen LogP contribution in [0.2, 0.25) is 0 Å². The molecule has 4 nitrogen and oxygen atoms in total. The molecule has 0 radical (unpaired) electrons. The number of thioether (sulfide) groups is 1. The molecular formula is C28H32FNO3S. The van der Waals surface area contributed by atoms with Crippen molar-refractivity contribution < 1.29 is 18.7 Å². The van der Waals surface area contributed by atoms with Crippen LogP contribution in [0.25, 0.3) is 0 Å². The molecule has 0 spiro atoms. The highest BCUT2D eigenvalue weighted by Gasteiger charge is 2.37. The summed E-state index contributed by atoms with van der Waals surface area (Å²) in [6.45, 7) is 10.9. The first-order chi connectivity index (χ1) is 16.2. The minimum Gasteiger partial charge on any atom is -0.461 e.